The quantitative estimate of drug-likeness (QED) is 0.914. The molecule has 1 N–H and O–H groups in total. The first-order chi connectivity index (χ1) is 9.55. The summed E-state index contributed by atoms with van der Waals surface area (Å²) < 4.78 is 5.39. The minimum absolute atomic E-state index is 0.283. The second-order valence-electron chi connectivity index (χ2n) is 5.11. The molecule has 0 aliphatic rings. The zero-order chi connectivity index (χ0) is 14.7. The summed E-state index contributed by atoms with van der Waals surface area (Å²) in [5, 5.41) is 6.69. The SMILES string of the molecule is CNC(Cc1nc(C)cs1)c1cc(C)c(OC)cc1C. The highest BCUT2D eigenvalue weighted by Gasteiger charge is 2.16. The van der Waals surface area contributed by atoms with Crippen LogP contribution >= 0.6 is 11.3 Å². The maximum atomic E-state index is 5.39. The lowest BCUT2D eigenvalue weighted by Crippen LogP contribution is -2.20. The Kier molecular flexibility index (Phi) is 4.78. The van der Waals surface area contributed by atoms with E-state index >= 15 is 0 Å². The monoisotopic (exact) mass is 290 g/mol. The Morgan fingerprint density at radius 2 is 2.00 bits per heavy atom. The van der Waals surface area contributed by atoms with Crippen LogP contribution in [-0.4, -0.2) is 19.1 Å². The average molecular weight is 290 g/mol. The molecule has 3 nitrogen and oxygen atoms in total. The number of benzene rings is 1. The topological polar surface area (TPSA) is 34.2 Å². The van der Waals surface area contributed by atoms with Crippen LogP contribution in [0, 0.1) is 20.8 Å². The van der Waals surface area contributed by atoms with Crippen molar-refractivity contribution in [1.29, 1.82) is 0 Å². The molecule has 0 amide bonds. The standard InChI is InChI=1S/C16H22N2OS/c1-10-7-15(19-5)11(2)6-13(10)14(17-4)8-16-18-12(3)9-20-16/h6-7,9,14,17H,8H2,1-5H3. The Morgan fingerprint density at radius 1 is 1.25 bits per heavy atom. The van der Waals surface area contributed by atoms with E-state index in [1.807, 2.05) is 14.0 Å². The Balaban J connectivity index is 2.29. The lowest BCUT2D eigenvalue weighted by Gasteiger charge is -2.20. The van der Waals surface area contributed by atoms with Crippen LogP contribution in [0.25, 0.3) is 0 Å². The average Bonchev–Trinajstić information content (AvgIpc) is 2.84. The van der Waals surface area contributed by atoms with Crippen LogP contribution in [0.1, 0.15) is 33.4 Å². The second kappa shape index (κ2) is 6.37. The Labute approximate surface area is 125 Å². The van der Waals surface area contributed by atoms with Gasteiger partial charge in [-0.1, -0.05) is 6.07 Å². The fourth-order valence-corrected chi connectivity index (χ4v) is 3.26. The number of thiazole rings is 1. The Bertz CT molecular complexity index is 592. The van der Waals surface area contributed by atoms with E-state index in [2.05, 4.69) is 41.7 Å². The molecule has 0 saturated carbocycles. The fraction of sp³-hybridized carbons (Fsp3) is 0.438. The molecular weight excluding hydrogens is 268 g/mol. The Morgan fingerprint density at radius 3 is 2.55 bits per heavy atom. The van der Waals surface area contributed by atoms with Crippen molar-refractivity contribution in [3.63, 3.8) is 0 Å². The number of aromatic nitrogens is 1. The zero-order valence-corrected chi connectivity index (χ0v) is 13.6. The predicted octanol–water partition coefficient (Wildman–Crippen LogP) is 3.58. The molecule has 2 rings (SSSR count). The number of hydrogen-bond donors (Lipinski definition) is 1. The number of nitrogens with one attached hydrogen (secondary N) is 1. The van der Waals surface area contributed by atoms with Gasteiger partial charge in [0, 0.05) is 23.5 Å². The number of nitrogens with zero attached hydrogens (tertiary/aromatic N) is 1. The van der Waals surface area contributed by atoms with E-state index in [1.165, 1.54) is 21.7 Å². The summed E-state index contributed by atoms with van der Waals surface area (Å²) in [5.41, 5.74) is 4.84. The first-order valence-corrected chi connectivity index (χ1v) is 7.66. The van der Waals surface area contributed by atoms with Crippen LogP contribution in [0.2, 0.25) is 0 Å². The summed E-state index contributed by atoms with van der Waals surface area (Å²) in [4.78, 5) is 4.56. The van der Waals surface area contributed by atoms with Crippen molar-refractivity contribution in [2.45, 2.75) is 33.2 Å². The van der Waals surface area contributed by atoms with E-state index in [0.29, 0.717) is 0 Å². The molecule has 2 aromatic rings. The maximum absolute atomic E-state index is 5.39. The van der Waals surface area contributed by atoms with Gasteiger partial charge in [-0.15, -0.1) is 11.3 Å². The van der Waals surface area contributed by atoms with Crippen molar-refractivity contribution in [3.8, 4) is 5.75 Å². The first-order valence-electron chi connectivity index (χ1n) is 6.78. The molecule has 1 unspecified atom stereocenters. The van der Waals surface area contributed by atoms with Crippen LogP contribution in [0.3, 0.4) is 0 Å². The van der Waals surface area contributed by atoms with E-state index < -0.39 is 0 Å². The van der Waals surface area contributed by atoms with Crippen molar-refractivity contribution >= 4 is 11.3 Å². The molecule has 0 bridgehead atoms. The molecule has 0 saturated heterocycles. The molecule has 0 aliphatic heterocycles. The second-order valence-corrected chi connectivity index (χ2v) is 6.05. The molecule has 1 heterocycles. The third-order valence-electron chi connectivity index (χ3n) is 3.55. The van der Waals surface area contributed by atoms with Crippen molar-refractivity contribution in [3.05, 3.63) is 44.9 Å². The molecule has 1 atom stereocenters. The third kappa shape index (κ3) is 3.19. The highest BCUT2D eigenvalue weighted by Crippen LogP contribution is 2.28. The maximum Gasteiger partial charge on any atom is 0.122 e. The third-order valence-corrected chi connectivity index (χ3v) is 4.54. The summed E-state index contributed by atoms with van der Waals surface area (Å²) in [6, 6.07) is 4.61. The molecule has 0 fully saturated rings. The fourth-order valence-electron chi connectivity index (χ4n) is 2.45. The minimum Gasteiger partial charge on any atom is -0.496 e. The van der Waals surface area contributed by atoms with Crippen molar-refractivity contribution in [1.82, 2.24) is 10.3 Å². The number of hydrogen-bond acceptors (Lipinski definition) is 4. The summed E-state index contributed by atoms with van der Waals surface area (Å²) in [5.74, 6) is 0.950. The predicted molar refractivity (Wildman–Crippen MR) is 84.8 cm³/mol. The van der Waals surface area contributed by atoms with Crippen LogP contribution in [0.15, 0.2) is 17.5 Å². The van der Waals surface area contributed by atoms with Gasteiger partial charge in [-0.3, -0.25) is 0 Å². The Hall–Kier alpha value is -1.39. The first kappa shape index (κ1) is 15.0. The van der Waals surface area contributed by atoms with E-state index in [-0.39, 0.29) is 6.04 Å². The van der Waals surface area contributed by atoms with Crippen LogP contribution in [0.4, 0.5) is 0 Å². The zero-order valence-electron chi connectivity index (χ0n) is 12.8. The molecule has 0 spiro atoms. The number of rotatable bonds is 5. The summed E-state index contributed by atoms with van der Waals surface area (Å²) >= 11 is 1.73. The molecule has 1 aromatic heterocycles. The highest BCUT2D eigenvalue weighted by molar-refractivity contribution is 7.09. The highest BCUT2D eigenvalue weighted by atomic mass is 32.1. The molecule has 0 radical (unpaired) electrons. The number of aryl methyl sites for hydroxylation is 3. The molecular formula is C16H22N2OS. The van der Waals surface area contributed by atoms with Gasteiger partial charge in [-0.2, -0.15) is 0 Å². The van der Waals surface area contributed by atoms with Gasteiger partial charge in [0.1, 0.15) is 5.75 Å². The van der Waals surface area contributed by atoms with Gasteiger partial charge in [0.15, 0.2) is 0 Å². The van der Waals surface area contributed by atoms with Crippen molar-refractivity contribution in [2.24, 2.45) is 0 Å². The molecule has 108 valence electrons. The molecule has 0 aliphatic carbocycles. The van der Waals surface area contributed by atoms with Gasteiger partial charge >= 0.3 is 0 Å². The van der Waals surface area contributed by atoms with Gasteiger partial charge in [-0.05, 0) is 50.6 Å². The van der Waals surface area contributed by atoms with Gasteiger partial charge in [-0.25, -0.2) is 4.98 Å². The van der Waals surface area contributed by atoms with Gasteiger partial charge < -0.3 is 10.1 Å². The lowest BCUT2D eigenvalue weighted by atomic mass is 9.96. The molecule has 20 heavy (non-hydrogen) atoms. The van der Waals surface area contributed by atoms with Gasteiger partial charge in [0.2, 0.25) is 0 Å². The summed E-state index contributed by atoms with van der Waals surface area (Å²) in [6.45, 7) is 6.26. The summed E-state index contributed by atoms with van der Waals surface area (Å²) in [6.07, 6.45) is 0.918. The van der Waals surface area contributed by atoms with E-state index in [1.54, 1.807) is 18.4 Å². The number of methoxy groups -OCH3 is 1. The van der Waals surface area contributed by atoms with E-state index in [9.17, 15) is 0 Å². The number of likely N-dealkylation sites (N-methyl/N-ethyl adjacent to an activating group) is 1. The van der Waals surface area contributed by atoms with Crippen LogP contribution < -0.4 is 10.1 Å². The van der Waals surface area contributed by atoms with Crippen LogP contribution in [-0.2, 0) is 6.42 Å². The van der Waals surface area contributed by atoms with Crippen molar-refractivity contribution in [2.75, 3.05) is 14.2 Å². The van der Waals surface area contributed by atoms with E-state index in [0.717, 1.165) is 17.9 Å². The van der Waals surface area contributed by atoms with Gasteiger partial charge in [0.05, 0.1) is 12.1 Å². The largest absolute Gasteiger partial charge is 0.496 e. The normalized spacial score (nSPS) is 12.4. The van der Waals surface area contributed by atoms with Crippen LogP contribution in [0.5, 0.6) is 5.75 Å². The van der Waals surface area contributed by atoms with E-state index in [4.69, 9.17) is 4.74 Å². The number of ether oxygens (including phenoxy) is 1. The molecule has 1 aromatic carbocycles. The summed E-state index contributed by atoms with van der Waals surface area (Å²) in [7, 11) is 3.72. The molecule has 4 heteroatoms. The van der Waals surface area contributed by atoms with Crippen molar-refractivity contribution < 1.29 is 4.74 Å². The minimum atomic E-state index is 0.283. The lowest BCUT2D eigenvalue weighted by molar-refractivity contribution is 0.410. The van der Waals surface area contributed by atoms with Gasteiger partial charge in [0.25, 0.3) is 0 Å². The smallest absolute Gasteiger partial charge is 0.122 e.